The fourth-order valence-electron chi connectivity index (χ4n) is 7.73. The van der Waals surface area contributed by atoms with Gasteiger partial charge in [0.2, 0.25) is 5.91 Å². The number of hydrogen-bond acceptors (Lipinski definition) is 20. The van der Waals surface area contributed by atoms with Gasteiger partial charge in [-0.15, -0.1) is 0 Å². The smallest absolute Gasteiger partial charge is 0.460 e. The molecular formula is C63H89F27N7O17S2+. The minimum absolute atomic E-state index is 0.117. The Labute approximate surface area is 647 Å². The Kier molecular flexibility index (Phi) is 43.2. The first kappa shape index (κ1) is 113. The fourth-order valence-corrected chi connectivity index (χ4v) is 8.67. The summed E-state index contributed by atoms with van der Waals surface area (Å²) in [6.07, 6.45) is -29.0. The van der Waals surface area contributed by atoms with E-state index in [4.69, 9.17) is 0 Å². The van der Waals surface area contributed by atoms with Gasteiger partial charge in [0.1, 0.15) is 38.4 Å². The van der Waals surface area contributed by atoms with Crippen LogP contribution in [0.4, 0.5) is 119 Å². The third-order valence-electron chi connectivity index (χ3n) is 14.7. The molecule has 1 amide bonds. The second kappa shape index (κ2) is 44.3. The van der Waals surface area contributed by atoms with Crippen LogP contribution in [0, 0.1) is 13.8 Å². The number of alkyl halides is 27. The molecule has 2 aromatic carbocycles. The molecule has 116 heavy (non-hydrogen) atoms. The molecule has 0 saturated heterocycles. The molecule has 0 aromatic heterocycles. The van der Waals surface area contributed by atoms with Crippen molar-refractivity contribution in [2.45, 2.75) is 159 Å². The molecule has 53 heteroatoms. The number of ether oxygens (including phenoxy) is 5. The zero-order valence-electron chi connectivity index (χ0n) is 64.0. The van der Waals surface area contributed by atoms with E-state index in [1.54, 1.807) is 66.6 Å². The molecule has 0 aliphatic heterocycles. The third kappa shape index (κ3) is 37.5. The molecule has 0 heterocycles. The van der Waals surface area contributed by atoms with Gasteiger partial charge in [-0.25, -0.2) is 16.8 Å². The van der Waals surface area contributed by atoms with E-state index in [2.05, 4.69) is 45.0 Å². The van der Waals surface area contributed by atoms with Gasteiger partial charge in [0.05, 0.1) is 165 Å². The molecule has 24 nitrogen and oxygen atoms in total. The first-order valence-corrected chi connectivity index (χ1v) is 35.5. The van der Waals surface area contributed by atoms with Crippen molar-refractivity contribution in [2.75, 3.05) is 144 Å². The first-order chi connectivity index (χ1) is 51.6. The molecule has 0 spiro atoms. The lowest BCUT2D eigenvalue weighted by atomic mass is 10.0. The molecule has 3 unspecified atom stereocenters. The molecule has 0 fully saturated rings. The zero-order valence-corrected chi connectivity index (χ0v) is 65.6. The molecular weight excluding hydrogens is 1700 g/mol. The topological polar surface area (TPSA) is 311 Å². The second-order valence-corrected chi connectivity index (χ2v) is 30.5. The van der Waals surface area contributed by atoms with Crippen LogP contribution in [0.1, 0.15) is 56.1 Å². The molecule has 4 N–H and O–H groups in total. The summed E-state index contributed by atoms with van der Waals surface area (Å²) in [5.41, 5.74) is 1.86. The van der Waals surface area contributed by atoms with Gasteiger partial charge in [-0.05, 0) is 38.1 Å². The summed E-state index contributed by atoms with van der Waals surface area (Å²) < 4.78 is 431. The maximum Gasteiger partial charge on any atom is 0.460 e. The van der Waals surface area contributed by atoms with Crippen LogP contribution in [0.25, 0.3) is 0 Å². The van der Waals surface area contributed by atoms with E-state index in [9.17, 15) is 173 Å². The van der Waals surface area contributed by atoms with E-state index in [-0.39, 0.29) is 29.4 Å². The molecule has 0 bridgehead atoms. The number of benzene rings is 2. The van der Waals surface area contributed by atoms with E-state index in [0.717, 1.165) is 25.3 Å². The highest BCUT2D eigenvalue weighted by Gasteiger charge is 2.83. The van der Waals surface area contributed by atoms with Crippen molar-refractivity contribution in [3.05, 3.63) is 59.7 Å². The highest BCUT2D eigenvalue weighted by Crippen LogP contribution is 2.57. The number of esters is 5. The molecule has 2 rings (SSSR count). The minimum atomic E-state index is -7.02. The van der Waals surface area contributed by atoms with Crippen LogP contribution < -0.4 is 21.3 Å². The zero-order chi connectivity index (χ0) is 92.3. The van der Waals surface area contributed by atoms with Crippen molar-refractivity contribution >= 4 is 56.0 Å². The number of aryl methyl sites for hydroxylation is 2. The van der Waals surface area contributed by atoms with Gasteiger partial charge < -0.3 is 56.9 Å². The maximum absolute atomic E-state index is 13.5. The molecule has 0 saturated carbocycles. The third-order valence-corrected chi connectivity index (χ3v) is 16.4. The standard InChI is InChI=1S/C17H26F9N2O4.C16H24F9N3O3.C16H24F9N2O4.2C7H8O3S/c1-28(2,3)8-5-7-27-11(10-12(29)31-4)13(30)32-9-6-14(18,19)15(20,21)16(22,23)17(24,25)26;1-26-11(29)9-10(27-6-7-28(2,3)4)12(30)31-8-5-13(17,18)14(19,20)15(21,22)16(23,24)25;1-27(2,3)7-6-26-10(9-11(28)30-4)12(29)31-8-5-13(17,18)14(19,20)15(21,22)16(23,24)25;2*1-6-2-4-7(5-3-6)11(8,9)10/h11,27H,5-10H2,1-4H3;10,27H,5-9H2,1-4H3;10,26H,5-9H2,1-4H3;2*2-5H,1H3,(H,8,9,10)/q+1;;+1;;/p-1. The normalized spacial score (nSPS) is 14.2. The Morgan fingerprint density at radius 1 is 0.379 bits per heavy atom. The predicted octanol–water partition coefficient (Wildman–Crippen LogP) is 9.61. The summed E-state index contributed by atoms with van der Waals surface area (Å²) in [6.45, 7) is 0.741. The van der Waals surface area contributed by atoms with Crippen molar-refractivity contribution in [3.8, 4) is 0 Å². The predicted molar refractivity (Wildman–Crippen MR) is 348 cm³/mol. The second-order valence-electron chi connectivity index (χ2n) is 27.7. The molecule has 2 aromatic rings. The van der Waals surface area contributed by atoms with E-state index in [0.29, 0.717) is 39.5 Å². The summed E-state index contributed by atoms with van der Waals surface area (Å²) in [5.74, 6) is -65.6. The number of methoxy groups -OCH3 is 2. The summed E-state index contributed by atoms with van der Waals surface area (Å²) in [6, 6.07) is 7.28. The van der Waals surface area contributed by atoms with E-state index < -0.39 is 204 Å². The molecule has 0 radical (unpaired) electrons. The van der Waals surface area contributed by atoms with Gasteiger partial charge in [-0.1, -0.05) is 35.4 Å². The highest BCUT2D eigenvalue weighted by atomic mass is 32.2. The number of carbonyl (C=O) groups excluding carboxylic acids is 6. The number of nitrogens with one attached hydrogen (secondary N) is 4. The van der Waals surface area contributed by atoms with Gasteiger partial charge in [0.15, 0.2) is 0 Å². The Morgan fingerprint density at radius 2 is 0.612 bits per heavy atom. The van der Waals surface area contributed by atoms with Gasteiger partial charge in [0.25, 0.3) is 0 Å². The number of nitrogens with zero attached hydrogens (tertiary/aromatic N) is 3. The lowest BCUT2D eigenvalue weighted by molar-refractivity contribution is -0.870. The number of hydrogen-bond donors (Lipinski definition) is 4. The summed E-state index contributed by atoms with van der Waals surface area (Å²) in [4.78, 5) is 69.9. The maximum atomic E-state index is 13.5. The molecule has 0 aliphatic rings. The monoisotopic (exact) mass is 1790 g/mol. The lowest BCUT2D eigenvalue weighted by Gasteiger charge is -2.33. The summed E-state index contributed by atoms with van der Waals surface area (Å²) in [5, 5.41) is 9.95. The highest BCUT2D eigenvalue weighted by molar-refractivity contribution is 7.86. The Balaban J connectivity index is -0.00000145. The number of quaternary nitrogens is 3. The Morgan fingerprint density at radius 3 is 0.819 bits per heavy atom. The summed E-state index contributed by atoms with van der Waals surface area (Å²) >= 11 is 0. The Bertz CT molecular complexity index is 3460. The van der Waals surface area contributed by atoms with Crippen molar-refractivity contribution < 1.29 is 210 Å². The van der Waals surface area contributed by atoms with Crippen molar-refractivity contribution in [1.82, 2.24) is 21.3 Å². The van der Waals surface area contributed by atoms with Crippen molar-refractivity contribution in [2.24, 2.45) is 0 Å². The van der Waals surface area contributed by atoms with Gasteiger partial charge in [0, 0.05) is 33.1 Å². The lowest BCUT2D eigenvalue weighted by Crippen LogP contribution is -2.61. The van der Waals surface area contributed by atoms with Crippen LogP contribution in [-0.4, -0.2) is 309 Å². The van der Waals surface area contributed by atoms with Crippen LogP contribution in [0.3, 0.4) is 0 Å². The van der Waals surface area contributed by atoms with E-state index in [1.165, 1.54) is 31.3 Å². The average molecular weight is 1790 g/mol. The van der Waals surface area contributed by atoms with Crippen molar-refractivity contribution in [1.29, 1.82) is 0 Å². The summed E-state index contributed by atoms with van der Waals surface area (Å²) in [7, 11) is 11.0. The number of amides is 1. The average Bonchev–Trinajstić information content (AvgIpc) is 0.756. The van der Waals surface area contributed by atoms with E-state index >= 15 is 0 Å². The van der Waals surface area contributed by atoms with Gasteiger partial charge >= 0.3 is 102 Å². The molecule has 0 aliphatic carbocycles. The molecule has 678 valence electrons. The van der Waals surface area contributed by atoms with E-state index in [1.807, 2.05) is 35.0 Å². The van der Waals surface area contributed by atoms with Gasteiger partial charge in [-0.3, -0.25) is 39.4 Å². The number of halogens is 27. The Hall–Kier alpha value is -7.05. The minimum Gasteiger partial charge on any atom is -0.744 e. The molecule has 3 atom stereocenters. The fraction of sp³-hybridized carbons (Fsp3) is 0.714. The van der Waals surface area contributed by atoms with Crippen LogP contribution in [0.2, 0.25) is 0 Å². The SMILES string of the molecule is CNC(=O)CC(NCC[N+](C)(C)C)C(=O)OCCC(F)(F)C(F)(F)C(F)(F)C(F)(F)F.COC(=O)CC(NCCC[N+](C)(C)C)C(=O)OCCC(F)(F)C(F)(F)C(F)(F)C(F)(F)F.COC(=O)CC(NCC[N+](C)(C)C)C(=O)OCCC(F)(F)C(F)(F)C(F)(F)C(F)(F)F.Cc1ccc(S(=O)(=O)[O-])cc1.Cc1ccc(S(=O)(=O)[O-])cc1. The first-order valence-electron chi connectivity index (χ1n) is 32.7. The van der Waals surface area contributed by atoms with Crippen LogP contribution >= 0.6 is 0 Å². The number of likely N-dealkylation sites (N-methyl/N-ethyl adjacent to an activating group) is 2. The van der Waals surface area contributed by atoms with Crippen LogP contribution in [-0.2, 0) is 72.7 Å². The quantitative estimate of drug-likeness (QED) is 0.0121. The largest absolute Gasteiger partial charge is 0.744 e. The van der Waals surface area contributed by atoms with Crippen molar-refractivity contribution in [3.63, 3.8) is 0 Å². The van der Waals surface area contributed by atoms with Gasteiger partial charge in [-0.2, -0.15) is 119 Å². The number of carbonyl (C=O) groups is 6. The number of rotatable bonds is 39. The van der Waals surface area contributed by atoms with Crippen LogP contribution in [0.5, 0.6) is 0 Å². The van der Waals surface area contributed by atoms with Crippen LogP contribution in [0.15, 0.2) is 58.3 Å².